The Morgan fingerprint density at radius 2 is 2.13 bits per heavy atom. The van der Waals surface area contributed by atoms with E-state index in [4.69, 9.17) is 4.74 Å². The lowest BCUT2D eigenvalue weighted by atomic mass is 10.2. The van der Waals surface area contributed by atoms with E-state index >= 15 is 0 Å². The highest BCUT2D eigenvalue weighted by Gasteiger charge is 2.07. The summed E-state index contributed by atoms with van der Waals surface area (Å²) in [5.74, 6) is 0.0219. The first-order valence-corrected chi connectivity index (χ1v) is 6.08. The number of hydrogen-bond donors (Lipinski definition) is 1. The maximum Gasteiger partial charge on any atom is 0.209 e. The van der Waals surface area contributed by atoms with Crippen LogP contribution >= 0.6 is 0 Å². The van der Waals surface area contributed by atoms with Crippen LogP contribution in [0.15, 0.2) is 18.2 Å². The first kappa shape index (κ1) is 11.9. The second-order valence-electron chi connectivity index (χ2n) is 3.05. The summed E-state index contributed by atoms with van der Waals surface area (Å²) < 4.78 is 41.8. The molecule has 0 aromatic heterocycles. The Labute approximate surface area is 88.1 Å². The summed E-state index contributed by atoms with van der Waals surface area (Å²) in [6.45, 7) is 0.0137. The molecule has 0 heterocycles. The van der Waals surface area contributed by atoms with Crippen LogP contribution in [-0.4, -0.2) is 21.8 Å². The summed E-state index contributed by atoms with van der Waals surface area (Å²) in [6.07, 6.45) is 1.04. The van der Waals surface area contributed by atoms with Crippen LogP contribution in [0.2, 0.25) is 0 Å². The second-order valence-corrected chi connectivity index (χ2v) is 4.88. The Bertz CT molecular complexity index is 445. The van der Waals surface area contributed by atoms with Crippen molar-refractivity contribution in [2.75, 3.05) is 13.4 Å². The van der Waals surface area contributed by atoms with Gasteiger partial charge in [-0.3, -0.25) is 0 Å². The number of hydrogen-bond acceptors (Lipinski definition) is 3. The van der Waals surface area contributed by atoms with Crippen molar-refractivity contribution < 1.29 is 17.5 Å². The molecule has 0 spiro atoms. The zero-order valence-corrected chi connectivity index (χ0v) is 9.27. The van der Waals surface area contributed by atoms with Gasteiger partial charge in [0.25, 0.3) is 0 Å². The second kappa shape index (κ2) is 4.59. The Morgan fingerprint density at radius 1 is 1.47 bits per heavy atom. The number of methoxy groups -OCH3 is 1. The predicted octanol–water partition coefficient (Wildman–Crippen LogP) is 0.884. The molecule has 0 fully saturated rings. The third kappa shape index (κ3) is 3.85. The van der Waals surface area contributed by atoms with E-state index in [0.717, 1.165) is 6.26 Å². The Balaban J connectivity index is 2.88. The van der Waals surface area contributed by atoms with Gasteiger partial charge in [-0.25, -0.2) is 17.5 Å². The van der Waals surface area contributed by atoms with Gasteiger partial charge in [0.2, 0.25) is 10.0 Å². The molecule has 4 nitrogen and oxygen atoms in total. The summed E-state index contributed by atoms with van der Waals surface area (Å²) in [6, 6.07) is 3.94. The minimum absolute atomic E-state index is 0.0137. The molecule has 1 aromatic carbocycles. The fourth-order valence-corrected chi connectivity index (χ4v) is 1.51. The van der Waals surface area contributed by atoms with Crippen molar-refractivity contribution in [3.8, 4) is 5.75 Å². The van der Waals surface area contributed by atoms with Gasteiger partial charge in [-0.1, -0.05) is 0 Å². The summed E-state index contributed by atoms with van der Waals surface area (Å²) in [5.41, 5.74) is 0.461. The number of halogens is 1. The van der Waals surface area contributed by atoms with Crippen LogP contribution in [0.1, 0.15) is 5.56 Å². The van der Waals surface area contributed by atoms with Crippen molar-refractivity contribution in [3.05, 3.63) is 29.6 Å². The SMILES string of the molecule is COc1ccc(F)cc1CNS(C)(=O)=O. The van der Waals surface area contributed by atoms with Crippen LogP contribution in [0.5, 0.6) is 5.75 Å². The highest BCUT2D eigenvalue weighted by Crippen LogP contribution is 2.18. The molecule has 0 bridgehead atoms. The minimum atomic E-state index is -3.29. The smallest absolute Gasteiger partial charge is 0.209 e. The lowest BCUT2D eigenvalue weighted by molar-refractivity contribution is 0.407. The fourth-order valence-electron chi connectivity index (χ4n) is 1.09. The average Bonchev–Trinajstić information content (AvgIpc) is 2.14. The molecule has 0 aliphatic heterocycles. The molecule has 6 heteroatoms. The molecule has 0 saturated heterocycles. The van der Waals surface area contributed by atoms with E-state index in [0.29, 0.717) is 11.3 Å². The van der Waals surface area contributed by atoms with Crippen molar-refractivity contribution in [2.24, 2.45) is 0 Å². The van der Waals surface area contributed by atoms with Gasteiger partial charge in [0, 0.05) is 12.1 Å². The van der Waals surface area contributed by atoms with Crippen molar-refractivity contribution in [1.82, 2.24) is 4.72 Å². The number of nitrogens with one attached hydrogen (secondary N) is 1. The molecule has 0 amide bonds. The average molecular weight is 233 g/mol. The Morgan fingerprint density at radius 3 is 2.67 bits per heavy atom. The molecular weight excluding hydrogens is 221 g/mol. The van der Waals surface area contributed by atoms with Gasteiger partial charge in [-0.15, -0.1) is 0 Å². The molecule has 1 N–H and O–H groups in total. The molecule has 1 aromatic rings. The van der Waals surface area contributed by atoms with Gasteiger partial charge in [0.1, 0.15) is 11.6 Å². The van der Waals surface area contributed by atoms with Crippen molar-refractivity contribution in [3.63, 3.8) is 0 Å². The number of ether oxygens (including phenoxy) is 1. The molecule has 0 radical (unpaired) electrons. The summed E-state index contributed by atoms with van der Waals surface area (Å²) >= 11 is 0. The first-order chi connectivity index (χ1) is 6.92. The standard InChI is InChI=1S/C9H12FNO3S/c1-14-9-4-3-8(10)5-7(9)6-11-15(2,12)13/h3-5,11H,6H2,1-2H3. The zero-order chi connectivity index (χ0) is 11.5. The highest BCUT2D eigenvalue weighted by molar-refractivity contribution is 7.88. The maximum absolute atomic E-state index is 12.9. The van der Waals surface area contributed by atoms with Gasteiger partial charge in [0.15, 0.2) is 0 Å². The van der Waals surface area contributed by atoms with Crippen molar-refractivity contribution in [1.29, 1.82) is 0 Å². The lowest BCUT2D eigenvalue weighted by Gasteiger charge is -2.08. The van der Waals surface area contributed by atoms with E-state index < -0.39 is 15.8 Å². The maximum atomic E-state index is 12.9. The molecule has 0 aliphatic rings. The summed E-state index contributed by atoms with van der Waals surface area (Å²) in [4.78, 5) is 0. The van der Waals surface area contributed by atoms with Crippen LogP contribution in [0, 0.1) is 5.82 Å². The summed E-state index contributed by atoms with van der Waals surface area (Å²) in [7, 11) is -1.85. The van der Waals surface area contributed by atoms with E-state index in [1.165, 1.54) is 25.3 Å². The highest BCUT2D eigenvalue weighted by atomic mass is 32.2. The van der Waals surface area contributed by atoms with E-state index in [1.54, 1.807) is 0 Å². The predicted molar refractivity (Wildman–Crippen MR) is 54.6 cm³/mol. The van der Waals surface area contributed by atoms with Gasteiger partial charge in [0.05, 0.1) is 13.4 Å². The molecule has 84 valence electrons. The zero-order valence-electron chi connectivity index (χ0n) is 8.45. The van der Waals surface area contributed by atoms with Gasteiger partial charge < -0.3 is 4.74 Å². The molecule has 0 atom stereocenters. The molecule has 1 rings (SSSR count). The van der Waals surface area contributed by atoms with Gasteiger partial charge in [-0.2, -0.15) is 0 Å². The quantitative estimate of drug-likeness (QED) is 0.840. The normalized spacial score (nSPS) is 11.4. The molecule has 0 unspecified atom stereocenters. The fraction of sp³-hybridized carbons (Fsp3) is 0.333. The largest absolute Gasteiger partial charge is 0.496 e. The van der Waals surface area contributed by atoms with E-state index in [-0.39, 0.29) is 6.54 Å². The first-order valence-electron chi connectivity index (χ1n) is 4.19. The molecule has 0 aliphatic carbocycles. The van der Waals surface area contributed by atoms with E-state index in [9.17, 15) is 12.8 Å². The third-order valence-electron chi connectivity index (χ3n) is 1.77. The number of rotatable bonds is 4. The van der Waals surface area contributed by atoms with Crippen LogP contribution in [0.3, 0.4) is 0 Å². The molecule has 15 heavy (non-hydrogen) atoms. The monoisotopic (exact) mass is 233 g/mol. The van der Waals surface area contributed by atoms with Crippen LogP contribution < -0.4 is 9.46 Å². The number of benzene rings is 1. The lowest BCUT2D eigenvalue weighted by Crippen LogP contribution is -2.21. The Hall–Kier alpha value is -1.14. The Kier molecular flexibility index (Phi) is 3.65. The topological polar surface area (TPSA) is 55.4 Å². The van der Waals surface area contributed by atoms with Crippen LogP contribution in [0.25, 0.3) is 0 Å². The van der Waals surface area contributed by atoms with Crippen LogP contribution in [-0.2, 0) is 16.6 Å². The third-order valence-corrected chi connectivity index (χ3v) is 2.44. The van der Waals surface area contributed by atoms with E-state index in [2.05, 4.69) is 4.72 Å². The van der Waals surface area contributed by atoms with E-state index in [1.807, 2.05) is 0 Å². The summed E-state index contributed by atoms with van der Waals surface area (Å²) in [5, 5.41) is 0. The number of sulfonamides is 1. The van der Waals surface area contributed by atoms with Crippen molar-refractivity contribution >= 4 is 10.0 Å². The van der Waals surface area contributed by atoms with Crippen LogP contribution in [0.4, 0.5) is 4.39 Å². The van der Waals surface area contributed by atoms with Gasteiger partial charge in [-0.05, 0) is 18.2 Å². The molecule has 0 saturated carbocycles. The van der Waals surface area contributed by atoms with Gasteiger partial charge >= 0.3 is 0 Å². The molecular formula is C9H12FNO3S. The minimum Gasteiger partial charge on any atom is -0.496 e. The van der Waals surface area contributed by atoms with Crippen molar-refractivity contribution in [2.45, 2.75) is 6.54 Å².